The molecule has 1 aromatic heterocycles. The van der Waals surface area contributed by atoms with Gasteiger partial charge >= 0.3 is 0 Å². The van der Waals surface area contributed by atoms with Gasteiger partial charge < -0.3 is 4.42 Å². The predicted octanol–water partition coefficient (Wildman–Crippen LogP) is 4.80. The van der Waals surface area contributed by atoms with E-state index in [0.29, 0.717) is 10.9 Å². The van der Waals surface area contributed by atoms with Crippen molar-refractivity contribution in [1.29, 1.82) is 0 Å². The molecular weight excluding hydrogens is 306 g/mol. The van der Waals surface area contributed by atoms with E-state index in [2.05, 4.69) is 15.2 Å². The lowest BCUT2D eigenvalue weighted by molar-refractivity contribution is 0.552. The van der Waals surface area contributed by atoms with Gasteiger partial charge in [-0.25, -0.2) is 5.10 Å². The van der Waals surface area contributed by atoms with Crippen LogP contribution in [-0.4, -0.2) is 16.4 Å². The maximum absolute atomic E-state index is 5.84. The van der Waals surface area contributed by atoms with Crippen molar-refractivity contribution in [3.63, 3.8) is 0 Å². The molecule has 6 heteroatoms. The number of aromatic nitrogens is 2. The van der Waals surface area contributed by atoms with Crippen LogP contribution in [0.5, 0.6) is 0 Å². The van der Waals surface area contributed by atoms with E-state index in [1.54, 1.807) is 6.21 Å². The summed E-state index contributed by atoms with van der Waals surface area (Å²) in [5, 5.41) is 7.27. The number of hydrogen-bond acceptors (Lipinski definition) is 4. The summed E-state index contributed by atoms with van der Waals surface area (Å²) in [6.07, 6.45) is 1.78. The summed E-state index contributed by atoms with van der Waals surface area (Å²) in [4.78, 5) is 4.66. The molecule has 0 bridgehead atoms. The standard InChI is InChI=1S/C15H10ClN3OS/c16-12-5-1-10(2-6-12)9-17-13-7-3-11(4-8-13)14-18-19-15(21)20-14/h1-9H,(H,19,21). The molecule has 0 atom stereocenters. The summed E-state index contributed by atoms with van der Waals surface area (Å²) in [6, 6.07) is 15.0. The summed E-state index contributed by atoms with van der Waals surface area (Å²) in [5.41, 5.74) is 2.66. The second-order valence-electron chi connectivity index (χ2n) is 4.27. The number of halogens is 1. The van der Waals surface area contributed by atoms with Gasteiger partial charge in [0.25, 0.3) is 4.84 Å². The van der Waals surface area contributed by atoms with Crippen molar-refractivity contribution in [1.82, 2.24) is 10.2 Å². The molecule has 0 saturated heterocycles. The molecule has 0 aliphatic carbocycles. The number of rotatable bonds is 3. The average Bonchev–Trinajstić information content (AvgIpc) is 2.94. The molecule has 0 spiro atoms. The Bertz CT molecular complexity index is 819. The van der Waals surface area contributed by atoms with Gasteiger partial charge in [0, 0.05) is 16.8 Å². The molecule has 0 fully saturated rings. The van der Waals surface area contributed by atoms with Crippen LogP contribution in [0.2, 0.25) is 5.02 Å². The van der Waals surface area contributed by atoms with Gasteiger partial charge in [-0.2, -0.15) is 0 Å². The van der Waals surface area contributed by atoms with Crippen LogP contribution in [0.3, 0.4) is 0 Å². The molecule has 0 unspecified atom stereocenters. The van der Waals surface area contributed by atoms with Gasteiger partial charge in [-0.1, -0.05) is 23.7 Å². The van der Waals surface area contributed by atoms with E-state index >= 15 is 0 Å². The normalized spacial score (nSPS) is 11.1. The lowest BCUT2D eigenvalue weighted by Crippen LogP contribution is -1.80. The van der Waals surface area contributed by atoms with E-state index in [1.165, 1.54) is 0 Å². The Morgan fingerprint density at radius 1 is 1.10 bits per heavy atom. The smallest absolute Gasteiger partial charge is 0.284 e. The first-order valence-electron chi connectivity index (χ1n) is 6.16. The van der Waals surface area contributed by atoms with Crippen LogP contribution in [0.15, 0.2) is 57.9 Å². The molecule has 3 aromatic rings. The van der Waals surface area contributed by atoms with Crippen LogP contribution in [0, 0.1) is 4.84 Å². The minimum Gasteiger partial charge on any atom is -0.409 e. The highest BCUT2D eigenvalue weighted by molar-refractivity contribution is 7.71. The van der Waals surface area contributed by atoms with E-state index in [9.17, 15) is 0 Å². The molecule has 1 heterocycles. The average molecular weight is 316 g/mol. The van der Waals surface area contributed by atoms with Crippen molar-refractivity contribution in [2.75, 3.05) is 0 Å². The van der Waals surface area contributed by atoms with Crippen molar-refractivity contribution < 1.29 is 4.42 Å². The Labute approximate surface area is 131 Å². The largest absolute Gasteiger partial charge is 0.409 e. The third kappa shape index (κ3) is 3.45. The van der Waals surface area contributed by atoms with E-state index in [4.69, 9.17) is 28.2 Å². The fraction of sp³-hybridized carbons (Fsp3) is 0. The van der Waals surface area contributed by atoms with Crippen LogP contribution in [0.4, 0.5) is 5.69 Å². The van der Waals surface area contributed by atoms with Gasteiger partial charge in [0.1, 0.15) is 0 Å². The van der Waals surface area contributed by atoms with Gasteiger partial charge in [0.05, 0.1) is 5.69 Å². The minimum atomic E-state index is 0.259. The highest BCUT2D eigenvalue weighted by atomic mass is 35.5. The monoisotopic (exact) mass is 315 g/mol. The SMILES string of the molecule is S=c1[nH]nc(-c2ccc(N=Cc3ccc(Cl)cc3)cc2)o1. The first-order chi connectivity index (χ1) is 10.2. The number of nitrogens with one attached hydrogen (secondary N) is 1. The molecule has 0 saturated carbocycles. The van der Waals surface area contributed by atoms with Crippen LogP contribution < -0.4 is 0 Å². The first-order valence-corrected chi connectivity index (χ1v) is 6.95. The van der Waals surface area contributed by atoms with Crippen molar-refractivity contribution in [3.05, 3.63) is 64.0 Å². The number of benzene rings is 2. The quantitative estimate of drug-likeness (QED) is 0.557. The molecule has 0 aliphatic rings. The van der Waals surface area contributed by atoms with E-state index in [1.807, 2.05) is 48.5 Å². The summed E-state index contributed by atoms with van der Waals surface area (Å²) in [6.45, 7) is 0. The van der Waals surface area contributed by atoms with Crippen LogP contribution in [0.25, 0.3) is 11.5 Å². The molecular formula is C15H10ClN3OS. The minimum absolute atomic E-state index is 0.259. The third-order valence-corrected chi connectivity index (χ3v) is 3.21. The number of hydrogen-bond donors (Lipinski definition) is 1. The maximum Gasteiger partial charge on any atom is 0.284 e. The zero-order valence-electron chi connectivity index (χ0n) is 10.8. The zero-order chi connectivity index (χ0) is 14.7. The molecule has 3 rings (SSSR count). The van der Waals surface area contributed by atoms with Crippen molar-refractivity contribution in [3.8, 4) is 11.5 Å². The number of H-pyrrole nitrogens is 1. The van der Waals surface area contributed by atoms with Crippen LogP contribution in [-0.2, 0) is 0 Å². The van der Waals surface area contributed by atoms with Gasteiger partial charge in [-0.15, -0.1) is 5.10 Å². The van der Waals surface area contributed by atoms with Crippen molar-refractivity contribution >= 4 is 35.7 Å². The summed E-state index contributed by atoms with van der Waals surface area (Å²) in [5.74, 6) is 0.466. The zero-order valence-corrected chi connectivity index (χ0v) is 12.4. The van der Waals surface area contributed by atoms with Crippen LogP contribution >= 0.6 is 23.8 Å². The van der Waals surface area contributed by atoms with E-state index in [-0.39, 0.29) is 4.84 Å². The number of aromatic amines is 1. The molecule has 4 nitrogen and oxygen atoms in total. The van der Waals surface area contributed by atoms with Gasteiger partial charge in [-0.3, -0.25) is 4.99 Å². The second kappa shape index (κ2) is 6.03. The Hall–Kier alpha value is -2.24. The second-order valence-corrected chi connectivity index (χ2v) is 5.08. The maximum atomic E-state index is 5.84. The molecule has 0 radical (unpaired) electrons. The van der Waals surface area contributed by atoms with Crippen molar-refractivity contribution in [2.24, 2.45) is 4.99 Å². The number of nitrogens with zero attached hydrogens (tertiary/aromatic N) is 2. The summed E-state index contributed by atoms with van der Waals surface area (Å²) >= 11 is 10.7. The Balaban J connectivity index is 1.78. The molecule has 2 aromatic carbocycles. The van der Waals surface area contributed by atoms with Gasteiger partial charge in [-0.05, 0) is 54.2 Å². The third-order valence-electron chi connectivity index (χ3n) is 2.79. The fourth-order valence-corrected chi connectivity index (χ4v) is 1.99. The van der Waals surface area contributed by atoms with Crippen LogP contribution in [0.1, 0.15) is 5.56 Å². The lowest BCUT2D eigenvalue weighted by Gasteiger charge is -1.97. The highest BCUT2D eigenvalue weighted by Gasteiger charge is 2.02. The topological polar surface area (TPSA) is 54.2 Å². The van der Waals surface area contributed by atoms with E-state index in [0.717, 1.165) is 16.8 Å². The molecule has 0 aliphatic heterocycles. The Kier molecular flexibility index (Phi) is 3.94. The van der Waals surface area contributed by atoms with Gasteiger partial charge in [0.15, 0.2) is 0 Å². The molecule has 104 valence electrons. The summed E-state index contributed by atoms with van der Waals surface area (Å²) in [7, 11) is 0. The molecule has 21 heavy (non-hydrogen) atoms. The van der Waals surface area contributed by atoms with E-state index < -0.39 is 0 Å². The fourth-order valence-electron chi connectivity index (χ4n) is 1.74. The highest BCUT2D eigenvalue weighted by Crippen LogP contribution is 2.21. The van der Waals surface area contributed by atoms with Gasteiger partial charge in [0.2, 0.25) is 5.89 Å². The lowest BCUT2D eigenvalue weighted by atomic mass is 10.2. The molecule has 0 amide bonds. The Morgan fingerprint density at radius 3 is 2.43 bits per heavy atom. The van der Waals surface area contributed by atoms with Crippen molar-refractivity contribution in [2.45, 2.75) is 0 Å². The Morgan fingerprint density at radius 2 is 1.81 bits per heavy atom. The first kappa shape index (κ1) is 13.7. The predicted molar refractivity (Wildman–Crippen MR) is 85.8 cm³/mol. The number of aliphatic imine (C=N–C) groups is 1. The summed E-state index contributed by atoms with van der Waals surface area (Å²) < 4.78 is 5.25. The molecule has 1 N–H and O–H groups in total.